The van der Waals surface area contributed by atoms with Crippen molar-refractivity contribution in [3.63, 3.8) is 0 Å². The maximum absolute atomic E-state index is 12.3. The molecule has 0 aliphatic carbocycles. The zero-order chi connectivity index (χ0) is 15.7. The molecule has 114 valence electrons. The monoisotopic (exact) mass is 300 g/mol. The molecule has 0 saturated carbocycles. The molecule has 7 nitrogen and oxygen atoms in total. The number of carboxylic acid groups (broad SMARTS) is 1. The van der Waals surface area contributed by atoms with Crippen LogP contribution in [0.4, 0.5) is 0 Å². The lowest BCUT2D eigenvalue weighted by atomic mass is 10.1. The molecule has 1 aliphatic rings. The predicted molar refractivity (Wildman–Crippen MR) is 77.6 cm³/mol. The second-order valence-electron chi connectivity index (χ2n) is 5.29. The van der Waals surface area contributed by atoms with Crippen LogP contribution in [-0.4, -0.2) is 31.7 Å². The van der Waals surface area contributed by atoms with E-state index in [1.54, 1.807) is 12.1 Å². The summed E-state index contributed by atoms with van der Waals surface area (Å²) < 4.78 is 1.82. The Morgan fingerprint density at radius 3 is 2.91 bits per heavy atom. The van der Waals surface area contributed by atoms with Gasteiger partial charge >= 0.3 is 5.97 Å². The predicted octanol–water partition coefficient (Wildman–Crippen LogP) is 1.55. The average molecular weight is 300 g/mol. The van der Waals surface area contributed by atoms with Crippen LogP contribution in [-0.2, 0) is 6.54 Å². The van der Waals surface area contributed by atoms with Gasteiger partial charge in [-0.05, 0) is 38.0 Å². The molecule has 1 aromatic carbocycles. The minimum atomic E-state index is -1.05. The first kappa shape index (κ1) is 14.2. The van der Waals surface area contributed by atoms with Crippen molar-refractivity contribution in [2.75, 3.05) is 0 Å². The fraction of sp³-hybridized carbons (Fsp3) is 0.333. The molecule has 1 unspecified atom stereocenters. The van der Waals surface area contributed by atoms with E-state index in [2.05, 4.69) is 15.4 Å². The number of aromatic nitrogens is 3. The van der Waals surface area contributed by atoms with E-state index in [0.717, 1.165) is 25.2 Å². The van der Waals surface area contributed by atoms with Gasteiger partial charge < -0.3 is 10.4 Å². The summed E-state index contributed by atoms with van der Waals surface area (Å²) in [6.07, 6.45) is 1.71. The van der Waals surface area contributed by atoms with Gasteiger partial charge in [-0.1, -0.05) is 6.07 Å². The maximum Gasteiger partial charge on any atom is 0.335 e. The number of nitrogens with zero attached hydrogens (tertiary/aromatic N) is 3. The number of aryl methyl sites for hydroxylation is 2. The Kier molecular flexibility index (Phi) is 3.62. The average Bonchev–Trinajstić information content (AvgIpc) is 2.88. The largest absolute Gasteiger partial charge is 0.478 e. The highest BCUT2D eigenvalue weighted by atomic mass is 16.4. The fourth-order valence-electron chi connectivity index (χ4n) is 2.64. The minimum Gasteiger partial charge on any atom is -0.478 e. The summed E-state index contributed by atoms with van der Waals surface area (Å²) in [5, 5.41) is 16.2. The Labute approximate surface area is 127 Å². The molecular weight excluding hydrogens is 284 g/mol. The second-order valence-corrected chi connectivity index (χ2v) is 5.29. The van der Waals surface area contributed by atoms with Gasteiger partial charge in [-0.25, -0.2) is 14.5 Å². The van der Waals surface area contributed by atoms with Crippen molar-refractivity contribution in [3.8, 4) is 0 Å². The number of fused-ring (bicyclic) bond motifs is 1. The lowest BCUT2D eigenvalue weighted by molar-refractivity contribution is 0.0697. The van der Waals surface area contributed by atoms with E-state index in [-0.39, 0.29) is 17.5 Å². The highest BCUT2D eigenvalue weighted by molar-refractivity contribution is 5.97. The minimum absolute atomic E-state index is 0.0929. The molecule has 2 N–H and O–H groups in total. The number of aromatic carboxylic acids is 1. The molecule has 0 fully saturated rings. The Balaban J connectivity index is 1.80. The normalized spacial score (nSPS) is 16.9. The summed E-state index contributed by atoms with van der Waals surface area (Å²) in [6, 6.07) is 5.79. The number of rotatable bonds is 3. The molecule has 1 aliphatic heterocycles. The zero-order valence-corrected chi connectivity index (χ0v) is 12.1. The first-order valence-corrected chi connectivity index (χ1v) is 7.10. The number of carbonyl (C=O) groups excluding carboxylic acids is 1. The summed E-state index contributed by atoms with van der Waals surface area (Å²) in [4.78, 5) is 27.7. The van der Waals surface area contributed by atoms with Gasteiger partial charge in [-0.15, -0.1) is 0 Å². The highest BCUT2D eigenvalue weighted by Crippen LogP contribution is 2.23. The van der Waals surface area contributed by atoms with Gasteiger partial charge in [-0.3, -0.25) is 4.79 Å². The number of carboxylic acids is 1. The van der Waals surface area contributed by atoms with Crippen molar-refractivity contribution >= 4 is 11.9 Å². The smallest absolute Gasteiger partial charge is 0.335 e. The molecule has 7 heteroatoms. The fourth-order valence-corrected chi connectivity index (χ4v) is 2.64. The van der Waals surface area contributed by atoms with Crippen LogP contribution in [0.15, 0.2) is 24.3 Å². The number of amides is 1. The van der Waals surface area contributed by atoms with E-state index < -0.39 is 5.97 Å². The van der Waals surface area contributed by atoms with E-state index in [1.165, 1.54) is 12.1 Å². The molecule has 22 heavy (non-hydrogen) atoms. The van der Waals surface area contributed by atoms with Gasteiger partial charge in [0.1, 0.15) is 11.6 Å². The Hall–Kier alpha value is -2.70. The van der Waals surface area contributed by atoms with Gasteiger partial charge in [0.15, 0.2) is 0 Å². The zero-order valence-electron chi connectivity index (χ0n) is 12.1. The third-order valence-electron chi connectivity index (χ3n) is 3.66. The van der Waals surface area contributed by atoms with Crippen LogP contribution in [0.2, 0.25) is 0 Å². The molecule has 1 aromatic heterocycles. The molecule has 1 amide bonds. The van der Waals surface area contributed by atoms with Crippen molar-refractivity contribution in [2.24, 2.45) is 0 Å². The number of hydrogen-bond acceptors (Lipinski definition) is 4. The van der Waals surface area contributed by atoms with E-state index in [4.69, 9.17) is 5.11 Å². The molecular formula is C15H16N4O3. The SMILES string of the molecule is Cc1nc2n(n1)CCCC2NC(=O)c1cccc(C(=O)O)c1. The summed E-state index contributed by atoms with van der Waals surface area (Å²) in [7, 11) is 0. The van der Waals surface area contributed by atoms with Crippen LogP contribution in [0.5, 0.6) is 0 Å². The lowest BCUT2D eigenvalue weighted by Crippen LogP contribution is -2.33. The van der Waals surface area contributed by atoms with Crippen LogP contribution >= 0.6 is 0 Å². The van der Waals surface area contributed by atoms with Crippen LogP contribution in [0.3, 0.4) is 0 Å². The molecule has 1 atom stereocenters. The number of hydrogen-bond donors (Lipinski definition) is 2. The van der Waals surface area contributed by atoms with Gasteiger partial charge in [0.2, 0.25) is 0 Å². The highest BCUT2D eigenvalue weighted by Gasteiger charge is 2.25. The molecule has 3 rings (SSSR count). The maximum atomic E-state index is 12.3. The standard InChI is InChI=1S/C15H16N4O3/c1-9-16-13-12(6-3-7-19(13)18-9)17-14(20)10-4-2-5-11(8-10)15(21)22/h2,4-5,8,12H,3,6-7H2,1H3,(H,17,20)(H,21,22). The summed E-state index contributed by atoms with van der Waals surface area (Å²) in [5.41, 5.74) is 0.420. The van der Waals surface area contributed by atoms with E-state index in [0.29, 0.717) is 11.4 Å². The van der Waals surface area contributed by atoms with Gasteiger partial charge in [0.25, 0.3) is 5.91 Å². The topological polar surface area (TPSA) is 97.1 Å². The molecule has 0 radical (unpaired) electrons. The van der Waals surface area contributed by atoms with Crippen LogP contribution in [0, 0.1) is 6.92 Å². The molecule has 0 spiro atoms. The van der Waals surface area contributed by atoms with E-state index >= 15 is 0 Å². The van der Waals surface area contributed by atoms with Crippen molar-refractivity contribution < 1.29 is 14.7 Å². The first-order valence-electron chi connectivity index (χ1n) is 7.10. The van der Waals surface area contributed by atoms with Crippen LogP contribution in [0.25, 0.3) is 0 Å². The Morgan fingerprint density at radius 1 is 1.36 bits per heavy atom. The number of carbonyl (C=O) groups is 2. The van der Waals surface area contributed by atoms with Gasteiger partial charge in [0, 0.05) is 12.1 Å². The molecule has 0 saturated heterocycles. The summed E-state index contributed by atoms with van der Waals surface area (Å²) in [5.74, 6) is 0.0837. The summed E-state index contributed by atoms with van der Waals surface area (Å²) in [6.45, 7) is 2.62. The molecule has 2 heterocycles. The Bertz CT molecular complexity index is 738. The van der Waals surface area contributed by atoms with Crippen molar-refractivity contribution in [1.82, 2.24) is 20.1 Å². The summed E-state index contributed by atoms with van der Waals surface area (Å²) >= 11 is 0. The lowest BCUT2D eigenvalue weighted by Gasteiger charge is -2.23. The number of nitrogens with one attached hydrogen (secondary N) is 1. The third-order valence-corrected chi connectivity index (χ3v) is 3.66. The van der Waals surface area contributed by atoms with Crippen molar-refractivity contribution in [2.45, 2.75) is 32.4 Å². The van der Waals surface area contributed by atoms with Crippen molar-refractivity contribution in [1.29, 1.82) is 0 Å². The van der Waals surface area contributed by atoms with E-state index in [1.807, 2.05) is 11.6 Å². The van der Waals surface area contributed by atoms with Crippen molar-refractivity contribution in [3.05, 3.63) is 47.0 Å². The van der Waals surface area contributed by atoms with Crippen LogP contribution in [0.1, 0.15) is 51.2 Å². The van der Waals surface area contributed by atoms with Gasteiger partial charge in [-0.2, -0.15) is 5.10 Å². The Morgan fingerprint density at radius 2 is 2.14 bits per heavy atom. The quantitative estimate of drug-likeness (QED) is 0.896. The second kappa shape index (κ2) is 5.59. The van der Waals surface area contributed by atoms with E-state index in [9.17, 15) is 9.59 Å². The van der Waals surface area contributed by atoms with Crippen LogP contribution < -0.4 is 5.32 Å². The first-order chi connectivity index (χ1) is 10.5. The third kappa shape index (κ3) is 2.69. The number of benzene rings is 1. The van der Waals surface area contributed by atoms with Gasteiger partial charge in [0.05, 0.1) is 11.6 Å². The molecule has 2 aromatic rings. The molecule has 0 bridgehead atoms.